The molecule has 0 saturated carbocycles. The molecule has 1 aromatic rings. The summed E-state index contributed by atoms with van der Waals surface area (Å²) in [5.41, 5.74) is 0.477. The predicted molar refractivity (Wildman–Crippen MR) is 108 cm³/mol. The topological polar surface area (TPSA) is 81.2 Å². The third kappa shape index (κ3) is 2.44. The summed E-state index contributed by atoms with van der Waals surface area (Å²) in [6.45, 7) is 3.12. The normalized spacial score (nSPS) is 35.9. The molecule has 7 heteroatoms. The van der Waals surface area contributed by atoms with Gasteiger partial charge in [-0.15, -0.1) is 0 Å². The standard InChI is InChI=1S/C23H27N3O4/c27-14-5-6-15-17(11-14)22(29)26(21(15)28)19-8-7-18-16-4-2-10-24-9-1-3-13(20(16)24)12-25(18)23(19)30/h5-6,11,13,16,18-20,27H,1-4,7-10,12H2/t13-,16+,18+,19?,20-/m0/s1. The number of piperidine rings is 4. The Labute approximate surface area is 175 Å². The number of benzene rings is 1. The van der Waals surface area contributed by atoms with Crippen LogP contribution in [-0.4, -0.2) is 75.3 Å². The Balaban J connectivity index is 1.29. The number of phenols is 1. The molecular formula is C23H27N3O4. The van der Waals surface area contributed by atoms with E-state index in [9.17, 15) is 19.5 Å². The molecule has 1 N–H and O–H groups in total. The van der Waals surface area contributed by atoms with E-state index >= 15 is 0 Å². The van der Waals surface area contributed by atoms with Crippen LogP contribution in [0.4, 0.5) is 0 Å². The zero-order valence-corrected chi connectivity index (χ0v) is 17.0. The number of amides is 3. The highest BCUT2D eigenvalue weighted by Crippen LogP contribution is 2.45. The van der Waals surface area contributed by atoms with Crippen molar-refractivity contribution in [2.45, 2.75) is 56.7 Å². The van der Waals surface area contributed by atoms with Crippen LogP contribution in [0.15, 0.2) is 18.2 Å². The van der Waals surface area contributed by atoms with Crippen molar-refractivity contribution in [3.63, 3.8) is 0 Å². The lowest BCUT2D eigenvalue weighted by atomic mass is 9.67. The third-order valence-electron chi connectivity index (χ3n) is 8.19. The second-order valence-electron chi connectivity index (χ2n) is 9.60. The fourth-order valence-electron chi connectivity index (χ4n) is 7.03. The minimum Gasteiger partial charge on any atom is -0.508 e. The summed E-state index contributed by atoms with van der Waals surface area (Å²) in [5.74, 6) is 0.0328. The Morgan fingerprint density at radius 3 is 2.50 bits per heavy atom. The number of nitrogens with zero attached hydrogens (tertiary/aromatic N) is 3. The van der Waals surface area contributed by atoms with Gasteiger partial charge in [-0.25, -0.2) is 0 Å². The molecule has 5 aliphatic heterocycles. The van der Waals surface area contributed by atoms with E-state index in [0.717, 1.165) is 24.3 Å². The largest absolute Gasteiger partial charge is 0.508 e. The minimum absolute atomic E-state index is 0.0481. The number of carbonyl (C=O) groups excluding carboxylic acids is 3. The van der Waals surface area contributed by atoms with Gasteiger partial charge in [0.2, 0.25) is 5.91 Å². The van der Waals surface area contributed by atoms with Crippen molar-refractivity contribution in [1.29, 1.82) is 0 Å². The zero-order valence-electron chi connectivity index (χ0n) is 17.0. The van der Waals surface area contributed by atoms with E-state index in [2.05, 4.69) is 4.90 Å². The number of phenolic OH excluding ortho intramolecular Hbond substituents is 1. The molecule has 0 spiro atoms. The van der Waals surface area contributed by atoms with Crippen LogP contribution in [-0.2, 0) is 4.79 Å². The molecule has 4 fully saturated rings. The monoisotopic (exact) mass is 409 g/mol. The molecule has 0 bridgehead atoms. The quantitative estimate of drug-likeness (QED) is 0.716. The maximum absolute atomic E-state index is 13.6. The van der Waals surface area contributed by atoms with E-state index in [-0.39, 0.29) is 28.8 Å². The highest BCUT2D eigenvalue weighted by Gasteiger charge is 2.54. The molecule has 5 atom stereocenters. The van der Waals surface area contributed by atoms with Gasteiger partial charge in [0, 0.05) is 18.6 Å². The molecule has 158 valence electrons. The summed E-state index contributed by atoms with van der Waals surface area (Å²) in [6, 6.07) is 4.32. The minimum atomic E-state index is -0.726. The molecular weight excluding hydrogens is 382 g/mol. The predicted octanol–water partition coefficient (Wildman–Crippen LogP) is 1.85. The van der Waals surface area contributed by atoms with Gasteiger partial charge in [-0.05, 0) is 81.6 Å². The van der Waals surface area contributed by atoms with Crippen LogP contribution in [0.5, 0.6) is 5.75 Å². The van der Waals surface area contributed by atoms with E-state index in [1.54, 1.807) is 0 Å². The van der Waals surface area contributed by atoms with E-state index in [1.165, 1.54) is 50.6 Å². The maximum atomic E-state index is 13.6. The number of fused-ring (bicyclic) bond motifs is 3. The first kappa shape index (κ1) is 18.4. The van der Waals surface area contributed by atoms with Gasteiger partial charge >= 0.3 is 0 Å². The van der Waals surface area contributed by atoms with Gasteiger partial charge in [-0.1, -0.05) is 0 Å². The summed E-state index contributed by atoms with van der Waals surface area (Å²) < 4.78 is 0. The van der Waals surface area contributed by atoms with Crippen molar-refractivity contribution in [1.82, 2.24) is 14.7 Å². The lowest BCUT2D eigenvalue weighted by molar-refractivity contribution is -0.156. The number of rotatable bonds is 1. The highest BCUT2D eigenvalue weighted by atomic mass is 16.3. The lowest BCUT2D eigenvalue weighted by Crippen LogP contribution is -2.69. The molecule has 1 unspecified atom stereocenters. The smallest absolute Gasteiger partial charge is 0.262 e. The first-order chi connectivity index (χ1) is 14.5. The van der Waals surface area contributed by atoms with Crippen molar-refractivity contribution in [3.05, 3.63) is 29.3 Å². The lowest BCUT2D eigenvalue weighted by Gasteiger charge is -2.59. The van der Waals surface area contributed by atoms with Gasteiger partial charge in [0.25, 0.3) is 11.8 Å². The Morgan fingerprint density at radius 1 is 0.900 bits per heavy atom. The summed E-state index contributed by atoms with van der Waals surface area (Å²) in [7, 11) is 0. The molecule has 5 aliphatic rings. The van der Waals surface area contributed by atoms with Gasteiger partial charge in [-0.2, -0.15) is 0 Å². The fourth-order valence-corrected chi connectivity index (χ4v) is 7.03. The number of aromatic hydroxyl groups is 1. The van der Waals surface area contributed by atoms with Crippen LogP contribution in [0.2, 0.25) is 0 Å². The van der Waals surface area contributed by atoms with Crippen LogP contribution in [0, 0.1) is 11.8 Å². The van der Waals surface area contributed by atoms with Crippen LogP contribution < -0.4 is 0 Å². The van der Waals surface area contributed by atoms with E-state index in [1.807, 2.05) is 4.90 Å². The SMILES string of the molecule is O=C1c2ccc(O)cc2C(=O)N1C1CC[C@@H]2[C@H]3CCCN4CCC[C@@H](CN2C1=O)[C@@H]34. The van der Waals surface area contributed by atoms with Crippen molar-refractivity contribution in [2.24, 2.45) is 11.8 Å². The molecule has 0 radical (unpaired) electrons. The second-order valence-corrected chi connectivity index (χ2v) is 9.60. The first-order valence-electron chi connectivity index (χ1n) is 11.3. The molecule has 4 saturated heterocycles. The van der Waals surface area contributed by atoms with Crippen molar-refractivity contribution >= 4 is 17.7 Å². The third-order valence-corrected chi connectivity index (χ3v) is 8.19. The molecule has 1 aromatic carbocycles. The van der Waals surface area contributed by atoms with Gasteiger partial charge in [-0.3, -0.25) is 24.2 Å². The van der Waals surface area contributed by atoms with Gasteiger partial charge in [0.1, 0.15) is 11.8 Å². The average molecular weight is 409 g/mol. The number of hydrogen-bond donors (Lipinski definition) is 1. The van der Waals surface area contributed by atoms with Crippen LogP contribution in [0.1, 0.15) is 59.2 Å². The van der Waals surface area contributed by atoms with Gasteiger partial charge in [0.15, 0.2) is 0 Å². The zero-order chi connectivity index (χ0) is 20.6. The Morgan fingerprint density at radius 2 is 1.67 bits per heavy atom. The molecule has 0 aliphatic carbocycles. The summed E-state index contributed by atoms with van der Waals surface area (Å²) in [5, 5.41) is 9.74. The van der Waals surface area contributed by atoms with Crippen molar-refractivity contribution in [2.75, 3.05) is 19.6 Å². The van der Waals surface area contributed by atoms with Gasteiger partial charge in [0.05, 0.1) is 11.1 Å². The molecule has 7 nitrogen and oxygen atoms in total. The van der Waals surface area contributed by atoms with Crippen LogP contribution in [0.25, 0.3) is 0 Å². The summed E-state index contributed by atoms with van der Waals surface area (Å²) >= 11 is 0. The Kier molecular flexibility index (Phi) is 4.01. The second kappa shape index (κ2) is 6.54. The van der Waals surface area contributed by atoms with E-state index in [4.69, 9.17) is 0 Å². The Hall–Kier alpha value is -2.41. The highest BCUT2D eigenvalue weighted by molar-refractivity contribution is 6.23. The molecule has 0 aromatic heterocycles. The van der Waals surface area contributed by atoms with Crippen molar-refractivity contribution < 1.29 is 19.5 Å². The molecule has 5 heterocycles. The Bertz CT molecular complexity index is 944. The van der Waals surface area contributed by atoms with Crippen LogP contribution in [0.3, 0.4) is 0 Å². The summed E-state index contributed by atoms with van der Waals surface area (Å²) in [6.07, 6.45) is 6.08. The van der Waals surface area contributed by atoms with E-state index < -0.39 is 17.9 Å². The average Bonchev–Trinajstić information content (AvgIpc) is 2.99. The molecule has 6 rings (SSSR count). The van der Waals surface area contributed by atoms with Crippen LogP contribution >= 0.6 is 0 Å². The maximum Gasteiger partial charge on any atom is 0.262 e. The molecule has 3 amide bonds. The van der Waals surface area contributed by atoms with E-state index in [0.29, 0.717) is 24.3 Å². The van der Waals surface area contributed by atoms with Gasteiger partial charge < -0.3 is 10.0 Å². The molecule has 30 heavy (non-hydrogen) atoms. The fraction of sp³-hybridized carbons (Fsp3) is 0.609. The first-order valence-corrected chi connectivity index (χ1v) is 11.3. The van der Waals surface area contributed by atoms with Crippen molar-refractivity contribution in [3.8, 4) is 5.75 Å². The number of carbonyl (C=O) groups is 3. The number of imide groups is 1. The number of hydrogen-bond acceptors (Lipinski definition) is 5. The summed E-state index contributed by atoms with van der Waals surface area (Å²) in [4.78, 5) is 45.4.